The molecule has 0 atom stereocenters. The molecule has 0 bridgehead atoms. The van der Waals surface area contributed by atoms with Crippen LogP contribution >= 0.6 is 0 Å². The maximum atomic E-state index is 12.3. The molecule has 0 spiro atoms. The molecule has 0 aliphatic rings. The molecule has 0 aliphatic carbocycles. The lowest BCUT2D eigenvalue weighted by Gasteiger charge is -2.05. The molecule has 1 N–H and O–H groups in total. The normalized spacial score (nSPS) is 10.0. The van der Waals surface area contributed by atoms with Gasteiger partial charge < -0.3 is 14.5 Å². The highest BCUT2D eigenvalue weighted by Crippen LogP contribution is 2.20. The zero-order chi connectivity index (χ0) is 17.0. The number of nitrogens with zero attached hydrogens (tertiary/aromatic N) is 1. The molecule has 1 heterocycles. The van der Waals surface area contributed by atoms with Crippen LogP contribution in [0.15, 0.2) is 24.3 Å². The minimum absolute atomic E-state index is 0.173. The molecule has 0 saturated carbocycles. The van der Waals surface area contributed by atoms with Crippen molar-refractivity contribution >= 4 is 11.8 Å². The van der Waals surface area contributed by atoms with Gasteiger partial charge in [-0.25, -0.2) is 4.79 Å². The van der Waals surface area contributed by atoms with E-state index in [-0.39, 0.29) is 12.4 Å². The van der Waals surface area contributed by atoms with Crippen molar-refractivity contribution in [2.45, 2.75) is 13.8 Å². The molecule has 2 aromatic rings. The summed E-state index contributed by atoms with van der Waals surface area (Å²) in [6, 6.07) is 8.47. The van der Waals surface area contributed by atoms with Crippen molar-refractivity contribution < 1.29 is 19.1 Å². The van der Waals surface area contributed by atoms with Crippen LogP contribution in [0.25, 0.3) is 0 Å². The highest BCUT2D eigenvalue weighted by Gasteiger charge is 2.22. The molecule has 0 fully saturated rings. The lowest BCUT2D eigenvalue weighted by atomic mass is 10.1. The number of benzene rings is 1. The van der Waals surface area contributed by atoms with Crippen LogP contribution in [0.2, 0.25) is 0 Å². The fourth-order valence-electron chi connectivity index (χ4n) is 2.28. The second kappa shape index (κ2) is 6.79. The van der Waals surface area contributed by atoms with Crippen LogP contribution in [0.3, 0.4) is 0 Å². The summed E-state index contributed by atoms with van der Waals surface area (Å²) >= 11 is 0. The van der Waals surface area contributed by atoms with Crippen LogP contribution in [0, 0.1) is 25.2 Å². The van der Waals surface area contributed by atoms with Gasteiger partial charge in [0.1, 0.15) is 5.75 Å². The first-order valence-electron chi connectivity index (χ1n) is 6.91. The van der Waals surface area contributed by atoms with Crippen molar-refractivity contribution in [1.29, 1.82) is 5.26 Å². The number of esters is 1. The van der Waals surface area contributed by atoms with E-state index < -0.39 is 5.97 Å². The second-order valence-corrected chi connectivity index (χ2v) is 4.96. The van der Waals surface area contributed by atoms with Crippen molar-refractivity contribution in [3.05, 3.63) is 52.3 Å². The van der Waals surface area contributed by atoms with Gasteiger partial charge in [-0.1, -0.05) is 0 Å². The summed E-state index contributed by atoms with van der Waals surface area (Å²) in [5.74, 6) is -0.264. The van der Waals surface area contributed by atoms with Crippen LogP contribution in [0.1, 0.15) is 37.7 Å². The molecule has 2 rings (SSSR count). The fraction of sp³-hybridized carbons (Fsp3) is 0.235. The lowest BCUT2D eigenvalue weighted by molar-refractivity contribution is 0.0599. The number of ketones is 1. The van der Waals surface area contributed by atoms with Gasteiger partial charge >= 0.3 is 5.97 Å². The van der Waals surface area contributed by atoms with Crippen molar-refractivity contribution in [1.82, 2.24) is 4.98 Å². The highest BCUT2D eigenvalue weighted by atomic mass is 16.5. The number of carbonyl (C=O) groups is 2. The Labute approximate surface area is 133 Å². The first-order valence-corrected chi connectivity index (χ1v) is 6.91. The predicted octanol–water partition coefficient (Wildman–Crippen LogP) is 2.55. The number of rotatable bonds is 5. The quantitative estimate of drug-likeness (QED) is 0.676. The molecule has 1 aromatic carbocycles. The molecule has 0 radical (unpaired) electrons. The number of H-pyrrole nitrogens is 1. The maximum Gasteiger partial charge on any atom is 0.339 e. The van der Waals surface area contributed by atoms with E-state index in [2.05, 4.69) is 4.98 Å². The zero-order valence-corrected chi connectivity index (χ0v) is 13.1. The number of hydrogen-bond donors (Lipinski definition) is 1. The van der Waals surface area contributed by atoms with Crippen LogP contribution in [-0.4, -0.2) is 30.5 Å². The molecule has 0 unspecified atom stereocenters. The third-order valence-corrected chi connectivity index (χ3v) is 3.46. The average Bonchev–Trinajstić information content (AvgIpc) is 2.87. The Hall–Kier alpha value is -3.07. The number of aryl methyl sites for hydroxylation is 1. The highest BCUT2D eigenvalue weighted by molar-refractivity contribution is 6.02. The number of methoxy groups -OCH3 is 1. The first kappa shape index (κ1) is 16.3. The van der Waals surface area contributed by atoms with Gasteiger partial charge in [0.15, 0.2) is 6.61 Å². The van der Waals surface area contributed by atoms with Crippen molar-refractivity contribution in [3.8, 4) is 11.8 Å². The Morgan fingerprint density at radius 2 is 1.87 bits per heavy atom. The van der Waals surface area contributed by atoms with E-state index in [1.54, 1.807) is 38.1 Å². The molecule has 0 amide bonds. The van der Waals surface area contributed by atoms with Crippen molar-refractivity contribution in [3.63, 3.8) is 0 Å². The van der Waals surface area contributed by atoms with E-state index in [1.165, 1.54) is 7.11 Å². The van der Waals surface area contributed by atoms with Gasteiger partial charge in [-0.15, -0.1) is 0 Å². The van der Waals surface area contributed by atoms with E-state index >= 15 is 0 Å². The van der Waals surface area contributed by atoms with Gasteiger partial charge in [-0.2, -0.15) is 5.26 Å². The topological polar surface area (TPSA) is 92.2 Å². The van der Waals surface area contributed by atoms with Crippen LogP contribution < -0.4 is 4.74 Å². The van der Waals surface area contributed by atoms with Crippen LogP contribution in [0.4, 0.5) is 0 Å². The van der Waals surface area contributed by atoms with E-state index in [4.69, 9.17) is 14.7 Å². The largest absolute Gasteiger partial charge is 0.485 e. The Balaban J connectivity index is 2.12. The summed E-state index contributed by atoms with van der Waals surface area (Å²) in [4.78, 5) is 26.9. The summed E-state index contributed by atoms with van der Waals surface area (Å²) in [5, 5.41) is 8.73. The fourth-order valence-corrected chi connectivity index (χ4v) is 2.28. The number of nitrogens with one attached hydrogen (secondary N) is 1. The standard InChI is InChI=1S/C17H16N2O4/c1-10-15(17(21)22-3)11(2)19-16(10)14(20)9-23-13-6-4-12(8-18)5-7-13/h4-7,19H,9H2,1-3H3. The molecule has 6 nitrogen and oxygen atoms in total. The minimum Gasteiger partial charge on any atom is -0.485 e. The van der Waals surface area contributed by atoms with Gasteiger partial charge in [-0.3, -0.25) is 4.79 Å². The second-order valence-electron chi connectivity index (χ2n) is 4.96. The van der Waals surface area contributed by atoms with E-state index in [0.29, 0.717) is 33.8 Å². The van der Waals surface area contributed by atoms with Gasteiger partial charge in [0, 0.05) is 5.69 Å². The number of Topliss-reactive ketones (excluding diaryl/α,β-unsaturated/α-hetero) is 1. The predicted molar refractivity (Wildman–Crippen MR) is 82.6 cm³/mol. The molecule has 0 saturated heterocycles. The molecule has 0 aliphatic heterocycles. The Bertz CT molecular complexity index is 782. The maximum absolute atomic E-state index is 12.3. The zero-order valence-electron chi connectivity index (χ0n) is 13.1. The number of aromatic amines is 1. The van der Waals surface area contributed by atoms with Gasteiger partial charge in [-0.05, 0) is 43.7 Å². The summed E-state index contributed by atoms with van der Waals surface area (Å²) < 4.78 is 10.1. The van der Waals surface area contributed by atoms with Crippen LogP contribution in [0.5, 0.6) is 5.75 Å². The Kier molecular flexibility index (Phi) is 4.82. The summed E-state index contributed by atoms with van der Waals surface area (Å²) in [6.45, 7) is 3.22. The molecule has 118 valence electrons. The minimum atomic E-state index is -0.483. The van der Waals surface area contributed by atoms with Crippen molar-refractivity contribution in [2.24, 2.45) is 0 Å². The van der Waals surface area contributed by atoms with Gasteiger partial charge in [0.05, 0.1) is 30.0 Å². The average molecular weight is 312 g/mol. The molecule has 6 heteroatoms. The molecule has 1 aromatic heterocycles. The summed E-state index contributed by atoms with van der Waals surface area (Å²) in [7, 11) is 1.30. The van der Waals surface area contributed by atoms with Gasteiger partial charge in [0.25, 0.3) is 0 Å². The molecule has 23 heavy (non-hydrogen) atoms. The third kappa shape index (κ3) is 3.40. The van der Waals surface area contributed by atoms with Crippen LogP contribution in [-0.2, 0) is 4.74 Å². The third-order valence-electron chi connectivity index (χ3n) is 3.46. The van der Waals surface area contributed by atoms with Gasteiger partial charge in [0.2, 0.25) is 5.78 Å². The number of ether oxygens (including phenoxy) is 2. The number of carbonyl (C=O) groups excluding carboxylic acids is 2. The smallest absolute Gasteiger partial charge is 0.339 e. The molecular formula is C17H16N2O4. The number of nitriles is 1. The monoisotopic (exact) mass is 312 g/mol. The van der Waals surface area contributed by atoms with E-state index in [1.807, 2.05) is 6.07 Å². The Morgan fingerprint density at radius 3 is 2.43 bits per heavy atom. The first-order chi connectivity index (χ1) is 11.0. The Morgan fingerprint density at radius 1 is 1.22 bits per heavy atom. The summed E-state index contributed by atoms with van der Waals surface area (Å²) in [5.41, 5.74) is 2.34. The molecular weight excluding hydrogens is 296 g/mol. The van der Waals surface area contributed by atoms with E-state index in [0.717, 1.165) is 0 Å². The summed E-state index contributed by atoms with van der Waals surface area (Å²) in [6.07, 6.45) is 0. The van der Waals surface area contributed by atoms with E-state index in [9.17, 15) is 9.59 Å². The number of aromatic nitrogens is 1. The SMILES string of the molecule is COC(=O)c1c(C)[nH]c(C(=O)COc2ccc(C#N)cc2)c1C. The number of hydrogen-bond acceptors (Lipinski definition) is 5. The van der Waals surface area contributed by atoms with Crippen molar-refractivity contribution in [2.75, 3.05) is 13.7 Å². The lowest BCUT2D eigenvalue weighted by Crippen LogP contribution is -2.13.